The normalized spacial score (nSPS) is 19.5. The highest BCUT2D eigenvalue weighted by atomic mass is 35.5. The van der Waals surface area contributed by atoms with Crippen molar-refractivity contribution in [1.82, 2.24) is 9.36 Å². The SMILES string of the molecule is FC(F)(F)c1nsc(NC2(CCl)CCCC2)n1. The van der Waals surface area contributed by atoms with Gasteiger partial charge in [-0.25, -0.2) is 0 Å². The van der Waals surface area contributed by atoms with E-state index in [1.807, 2.05) is 0 Å². The van der Waals surface area contributed by atoms with Crippen molar-refractivity contribution in [2.75, 3.05) is 11.2 Å². The lowest BCUT2D eigenvalue weighted by Gasteiger charge is -2.27. The van der Waals surface area contributed by atoms with E-state index in [0.29, 0.717) is 5.88 Å². The summed E-state index contributed by atoms with van der Waals surface area (Å²) in [6, 6.07) is 0. The number of alkyl halides is 4. The fourth-order valence-corrected chi connectivity index (χ4v) is 3.00. The third-order valence-corrected chi connectivity index (χ3v) is 4.01. The summed E-state index contributed by atoms with van der Waals surface area (Å²) in [5.74, 6) is -0.721. The van der Waals surface area contributed by atoms with Crippen LogP contribution in [0, 0.1) is 0 Å². The minimum absolute atomic E-state index is 0.194. The zero-order chi connectivity index (χ0) is 12.5. The van der Waals surface area contributed by atoms with Gasteiger partial charge in [0.25, 0.3) is 0 Å². The second kappa shape index (κ2) is 4.61. The summed E-state index contributed by atoms with van der Waals surface area (Å²) in [4.78, 5) is 3.45. The van der Waals surface area contributed by atoms with E-state index < -0.39 is 12.0 Å². The van der Waals surface area contributed by atoms with Crippen molar-refractivity contribution in [2.45, 2.75) is 37.4 Å². The first kappa shape index (κ1) is 12.9. The minimum atomic E-state index is -4.49. The molecule has 1 saturated carbocycles. The van der Waals surface area contributed by atoms with Crippen molar-refractivity contribution in [3.63, 3.8) is 0 Å². The van der Waals surface area contributed by atoms with Crippen LogP contribution in [0.3, 0.4) is 0 Å². The minimum Gasteiger partial charge on any atom is -0.354 e. The fourth-order valence-electron chi connectivity index (χ4n) is 1.96. The molecule has 0 amide bonds. The van der Waals surface area contributed by atoms with E-state index >= 15 is 0 Å². The molecule has 0 aromatic carbocycles. The van der Waals surface area contributed by atoms with Gasteiger partial charge in [0.15, 0.2) is 0 Å². The van der Waals surface area contributed by atoms with Crippen molar-refractivity contribution in [1.29, 1.82) is 0 Å². The largest absolute Gasteiger partial charge is 0.452 e. The van der Waals surface area contributed by atoms with Crippen molar-refractivity contribution >= 4 is 28.3 Å². The highest BCUT2D eigenvalue weighted by Gasteiger charge is 2.38. The maximum atomic E-state index is 12.3. The predicted molar refractivity (Wildman–Crippen MR) is 60.5 cm³/mol. The van der Waals surface area contributed by atoms with Crippen LogP contribution >= 0.6 is 23.1 Å². The van der Waals surface area contributed by atoms with Crippen molar-refractivity contribution < 1.29 is 13.2 Å². The second-order valence-electron chi connectivity index (χ2n) is 4.17. The number of nitrogens with zero attached hydrogens (tertiary/aromatic N) is 2. The molecular formula is C9H11ClF3N3S. The third-order valence-electron chi connectivity index (χ3n) is 2.87. The molecule has 1 N–H and O–H groups in total. The summed E-state index contributed by atoms with van der Waals surface area (Å²) in [6.07, 6.45) is -0.704. The van der Waals surface area contributed by atoms with Gasteiger partial charge in [-0.3, -0.25) is 0 Å². The van der Waals surface area contributed by atoms with E-state index in [4.69, 9.17) is 11.6 Å². The highest BCUT2D eigenvalue weighted by Crippen LogP contribution is 2.36. The van der Waals surface area contributed by atoms with E-state index in [9.17, 15) is 13.2 Å². The van der Waals surface area contributed by atoms with Crippen LogP contribution in [0.15, 0.2) is 0 Å². The molecule has 1 fully saturated rings. The maximum Gasteiger partial charge on any atom is 0.452 e. The van der Waals surface area contributed by atoms with Crippen LogP contribution in [-0.2, 0) is 6.18 Å². The molecule has 0 radical (unpaired) electrons. The van der Waals surface area contributed by atoms with Crippen LogP contribution in [0.4, 0.5) is 18.3 Å². The van der Waals surface area contributed by atoms with Crippen LogP contribution in [0.25, 0.3) is 0 Å². The molecule has 96 valence electrons. The number of nitrogens with one attached hydrogen (secondary N) is 1. The van der Waals surface area contributed by atoms with Gasteiger partial charge < -0.3 is 5.32 Å². The van der Waals surface area contributed by atoms with Gasteiger partial charge in [-0.1, -0.05) is 12.8 Å². The summed E-state index contributed by atoms with van der Waals surface area (Å²) in [5, 5.41) is 3.20. The Morgan fingerprint density at radius 1 is 1.35 bits per heavy atom. The number of anilines is 1. The standard InChI is InChI=1S/C9H11ClF3N3S/c10-5-8(3-1-2-4-8)15-7-14-6(16-17-7)9(11,12)13/h1-5H2,(H,14,15,16). The molecule has 0 saturated heterocycles. The Labute approximate surface area is 106 Å². The Kier molecular flexibility index (Phi) is 3.49. The molecule has 17 heavy (non-hydrogen) atoms. The lowest BCUT2D eigenvalue weighted by Crippen LogP contribution is -2.37. The Hall–Kier alpha value is -0.560. The Morgan fingerprint density at radius 3 is 2.47 bits per heavy atom. The molecule has 1 aromatic heterocycles. The number of hydrogen-bond donors (Lipinski definition) is 1. The Balaban J connectivity index is 2.11. The van der Waals surface area contributed by atoms with Gasteiger partial charge in [0, 0.05) is 17.4 Å². The first-order chi connectivity index (χ1) is 7.95. The van der Waals surface area contributed by atoms with E-state index in [1.54, 1.807) is 0 Å². The van der Waals surface area contributed by atoms with Gasteiger partial charge in [-0.2, -0.15) is 22.5 Å². The zero-order valence-corrected chi connectivity index (χ0v) is 10.4. The van der Waals surface area contributed by atoms with Crippen LogP contribution in [-0.4, -0.2) is 20.8 Å². The first-order valence-corrected chi connectivity index (χ1v) is 6.51. The predicted octanol–water partition coefficient (Wildman–Crippen LogP) is 3.52. The van der Waals surface area contributed by atoms with Crippen LogP contribution in [0.5, 0.6) is 0 Å². The first-order valence-electron chi connectivity index (χ1n) is 5.20. The van der Waals surface area contributed by atoms with Crippen LogP contribution < -0.4 is 5.32 Å². The van der Waals surface area contributed by atoms with Crippen LogP contribution in [0.1, 0.15) is 31.5 Å². The van der Waals surface area contributed by atoms with Crippen molar-refractivity contribution in [2.24, 2.45) is 0 Å². The van der Waals surface area contributed by atoms with E-state index in [0.717, 1.165) is 37.2 Å². The zero-order valence-electron chi connectivity index (χ0n) is 8.85. The van der Waals surface area contributed by atoms with Crippen molar-refractivity contribution in [3.8, 4) is 0 Å². The average molecular weight is 286 g/mol. The highest BCUT2D eigenvalue weighted by molar-refractivity contribution is 7.09. The molecule has 0 atom stereocenters. The number of rotatable bonds is 3. The van der Waals surface area contributed by atoms with Gasteiger partial charge in [-0.15, -0.1) is 11.6 Å². The van der Waals surface area contributed by atoms with Crippen molar-refractivity contribution in [3.05, 3.63) is 5.82 Å². The molecule has 0 unspecified atom stereocenters. The molecule has 3 nitrogen and oxygen atoms in total. The molecule has 1 aliphatic rings. The summed E-state index contributed by atoms with van der Waals surface area (Å²) in [7, 11) is 0. The quantitative estimate of drug-likeness (QED) is 0.864. The number of aromatic nitrogens is 2. The third kappa shape index (κ3) is 2.82. The van der Waals surface area contributed by atoms with Gasteiger partial charge in [-0.05, 0) is 12.8 Å². The van der Waals surface area contributed by atoms with Gasteiger partial charge >= 0.3 is 6.18 Å². The van der Waals surface area contributed by atoms with Crippen LogP contribution in [0.2, 0.25) is 0 Å². The molecule has 0 spiro atoms. The smallest absolute Gasteiger partial charge is 0.354 e. The molecule has 0 bridgehead atoms. The molecule has 1 aliphatic carbocycles. The molecule has 2 rings (SSSR count). The van der Waals surface area contributed by atoms with E-state index in [-0.39, 0.29) is 10.7 Å². The molecule has 1 aromatic rings. The second-order valence-corrected chi connectivity index (χ2v) is 5.19. The average Bonchev–Trinajstić information content (AvgIpc) is 2.87. The Bertz CT molecular complexity index is 387. The lowest BCUT2D eigenvalue weighted by molar-refractivity contribution is -0.144. The molecule has 0 aliphatic heterocycles. The topological polar surface area (TPSA) is 37.8 Å². The summed E-state index contributed by atoms with van der Waals surface area (Å²) >= 11 is 6.61. The summed E-state index contributed by atoms with van der Waals surface area (Å²) in [6.45, 7) is 0. The summed E-state index contributed by atoms with van der Waals surface area (Å²) < 4.78 is 40.3. The molecule has 1 heterocycles. The molecular weight excluding hydrogens is 275 g/mol. The Morgan fingerprint density at radius 2 is 2.00 bits per heavy atom. The van der Waals surface area contributed by atoms with E-state index in [2.05, 4.69) is 14.7 Å². The fraction of sp³-hybridized carbons (Fsp3) is 0.778. The van der Waals surface area contributed by atoms with Gasteiger partial charge in [0.2, 0.25) is 11.0 Å². The van der Waals surface area contributed by atoms with Gasteiger partial charge in [0.05, 0.1) is 5.54 Å². The maximum absolute atomic E-state index is 12.3. The lowest BCUT2D eigenvalue weighted by atomic mass is 10.0. The summed E-state index contributed by atoms with van der Waals surface area (Å²) in [5.41, 5.74) is -0.316. The monoisotopic (exact) mass is 285 g/mol. The number of hydrogen-bond acceptors (Lipinski definition) is 4. The van der Waals surface area contributed by atoms with Gasteiger partial charge in [0.1, 0.15) is 0 Å². The molecule has 8 heteroatoms. The number of halogens is 4. The van der Waals surface area contributed by atoms with E-state index in [1.165, 1.54) is 0 Å².